The first-order valence-electron chi connectivity index (χ1n) is 0.860. The molecule has 0 rings (SSSR count). The van der Waals surface area contributed by atoms with E-state index in [1.807, 2.05) is 0 Å². The van der Waals surface area contributed by atoms with Gasteiger partial charge in [0, 0.05) is 5.54 Å². The van der Waals surface area contributed by atoms with Gasteiger partial charge in [-0.1, -0.05) is 18.2 Å². The molecule has 2 heteroatoms. The second-order valence-corrected chi connectivity index (χ2v) is 0.531. The van der Waals surface area contributed by atoms with Gasteiger partial charge in [0.05, 0.1) is 0 Å². The Morgan fingerprint density at radius 1 is 1.80 bits per heavy atom. The van der Waals surface area contributed by atoms with Crippen molar-refractivity contribution in [3.63, 3.8) is 0 Å². The number of halogens is 1. The summed E-state index contributed by atoms with van der Waals surface area (Å²) in [5.41, 5.74) is 3.56. The second-order valence-electron chi connectivity index (χ2n) is 0.313. The normalized spacial score (nSPS) is 3.40. The van der Waals surface area contributed by atoms with Gasteiger partial charge < -0.3 is 0 Å². The summed E-state index contributed by atoms with van der Waals surface area (Å²) >= 11 is 4.89. The third kappa shape index (κ3) is 13.1. The summed E-state index contributed by atoms with van der Waals surface area (Å²) in [6, 6.07) is 0. The average Bonchev–Trinajstić information content (AvgIpc) is 1.37. The van der Waals surface area contributed by atoms with Crippen molar-refractivity contribution in [1.82, 2.24) is 0 Å². The summed E-state index contributed by atoms with van der Waals surface area (Å²) in [6.45, 7) is 3.17. The summed E-state index contributed by atoms with van der Waals surface area (Å²) in [5.74, 6) is 0. The van der Waals surface area contributed by atoms with Crippen molar-refractivity contribution in [1.29, 1.82) is 0 Å². The zero-order valence-electron chi connectivity index (χ0n) is 2.87. The fraction of sp³-hybridized carbons (Fsp3) is 0. The van der Waals surface area contributed by atoms with E-state index in [4.69, 9.17) is 11.6 Å². The molecule has 0 amide bonds. The fourth-order valence-corrected chi connectivity index (χ4v) is 0. The molecule has 0 fully saturated rings. The maximum absolute atomic E-state index is 4.89. The Morgan fingerprint density at radius 2 is 2.00 bits per heavy atom. The Kier molecular flexibility index (Phi) is 16.0. The Balaban J connectivity index is 0. The molecule has 0 N–H and O–H groups in total. The SMILES string of the molecule is C=C=CCl.[AsH3]. The molecule has 30 valence electrons. The molecule has 0 saturated heterocycles. The first kappa shape index (κ1) is 9.03. The van der Waals surface area contributed by atoms with Gasteiger partial charge in [0.1, 0.15) is 0 Å². The molecule has 0 aromatic carbocycles. The molecule has 0 aromatic rings. The third-order valence-corrected chi connectivity index (χ3v) is 0.231. The van der Waals surface area contributed by atoms with Gasteiger partial charge in [-0.05, 0) is 0 Å². The predicted octanol–water partition coefficient (Wildman–Crippen LogP) is 0.340. The quantitative estimate of drug-likeness (QED) is 0.347. The second kappa shape index (κ2) is 8.84. The Labute approximate surface area is 47.8 Å². The maximum atomic E-state index is 4.89. The van der Waals surface area contributed by atoms with Crippen molar-refractivity contribution in [3.8, 4) is 0 Å². The van der Waals surface area contributed by atoms with Crippen molar-refractivity contribution in [2.75, 3.05) is 0 Å². The van der Waals surface area contributed by atoms with Gasteiger partial charge in [-0.25, -0.2) is 0 Å². The molecular weight excluding hydrogens is 146 g/mol. The van der Waals surface area contributed by atoms with E-state index in [2.05, 4.69) is 12.3 Å². The van der Waals surface area contributed by atoms with Crippen LogP contribution in [0.5, 0.6) is 0 Å². The van der Waals surface area contributed by atoms with Crippen molar-refractivity contribution < 1.29 is 0 Å². The van der Waals surface area contributed by atoms with E-state index < -0.39 is 0 Å². The van der Waals surface area contributed by atoms with E-state index in [1.165, 1.54) is 5.54 Å². The van der Waals surface area contributed by atoms with Crippen molar-refractivity contribution >= 4 is 29.6 Å². The monoisotopic (exact) mass is 152 g/mol. The van der Waals surface area contributed by atoms with Gasteiger partial charge in [0.15, 0.2) is 0 Å². The Morgan fingerprint density at radius 3 is 2.00 bits per heavy atom. The molecular formula is C3H6AsCl. The van der Waals surface area contributed by atoms with Gasteiger partial charge in [-0.15, -0.1) is 5.73 Å². The first-order chi connectivity index (χ1) is 1.91. The van der Waals surface area contributed by atoms with Crippen LogP contribution < -0.4 is 0 Å². The van der Waals surface area contributed by atoms with Gasteiger partial charge in [-0.3, -0.25) is 0 Å². The topological polar surface area (TPSA) is 0 Å². The van der Waals surface area contributed by atoms with Gasteiger partial charge in [0.2, 0.25) is 0 Å². The van der Waals surface area contributed by atoms with Gasteiger partial charge in [-0.2, -0.15) is 0 Å². The van der Waals surface area contributed by atoms with Crippen LogP contribution in [0.1, 0.15) is 0 Å². The van der Waals surface area contributed by atoms with Crippen LogP contribution >= 0.6 is 11.6 Å². The summed E-state index contributed by atoms with van der Waals surface area (Å²) in [4.78, 5) is 0. The van der Waals surface area contributed by atoms with Crippen LogP contribution in [-0.4, -0.2) is 18.0 Å². The van der Waals surface area contributed by atoms with Gasteiger partial charge >= 0.3 is 18.0 Å². The van der Waals surface area contributed by atoms with Crippen molar-refractivity contribution in [2.24, 2.45) is 0 Å². The summed E-state index contributed by atoms with van der Waals surface area (Å²) < 4.78 is 0. The van der Waals surface area contributed by atoms with Crippen molar-refractivity contribution in [2.45, 2.75) is 0 Å². The van der Waals surface area contributed by atoms with E-state index in [9.17, 15) is 0 Å². The molecule has 0 radical (unpaired) electrons. The summed E-state index contributed by atoms with van der Waals surface area (Å²) in [6.07, 6.45) is 0. The molecule has 0 bridgehead atoms. The molecule has 0 aromatic heterocycles. The van der Waals surface area contributed by atoms with E-state index in [-0.39, 0.29) is 18.0 Å². The van der Waals surface area contributed by atoms with Crippen LogP contribution in [0.15, 0.2) is 17.8 Å². The minimum absolute atomic E-state index is 0. The molecule has 0 aliphatic rings. The molecule has 0 nitrogen and oxygen atoms in total. The van der Waals surface area contributed by atoms with Crippen LogP contribution in [0, 0.1) is 0 Å². The predicted molar refractivity (Wildman–Crippen MR) is 29.5 cm³/mol. The van der Waals surface area contributed by atoms with Crippen LogP contribution in [-0.2, 0) is 0 Å². The molecule has 0 heterocycles. The molecule has 0 aliphatic carbocycles. The first-order valence-corrected chi connectivity index (χ1v) is 1.30. The fourth-order valence-electron chi connectivity index (χ4n) is 0. The number of rotatable bonds is 0. The van der Waals surface area contributed by atoms with E-state index in [0.29, 0.717) is 0 Å². The molecule has 0 aliphatic heterocycles. The third-order valence-electron chi connectivity index (χ3n) is 0.0772. The molecule has 0 saturated carbocycles. The van der Waals surface area contributed by atoms with Crippen LogP contribution in [0.4, 0.5) is 0 Å². The van der Waals surface area contributed by atoms with E-state index >= 15 is 0 Å². The summed E-state index contributed by atoms with van der Waals surface area (Å²) in [7, 11) is 0. The minimum atomic E-state index is 0. The van der Waals surface area contributed by atoms with Crippen LogP contribution in [0.3, 0.4) is 0 Å². The Hall–Kier alpha value is 0.368. The Bertz CT molecular complexity index is 44.9. The molecule has 1 unspecified atom stereocenters. The molecule has 1 atom stereocenters. The van der Waals surface area contributed by atoms with Crippen molar-refractivity contribution in [3.05, 3.63) is 17.8 Å². The number of hydrogen-bond donors (Lipinski definition) is 0. The van der Waals surface area contributed by atoms with Crippen LogP contribution in [0.25, 0.3) is 0 Å². The average molecular weight is 152 g/mol. The molecule has 5 heavy (non-hydrogen) atoms. The zero-order valence-corrected chi connectivity index (χ0v) is 6.59. The number of hydrogen-bond acceptors (Lipinski definition) is 0. The molecule has 0 spiro atoms. The van der Waals surface area contributed by atoms with E-state index in [0.717, 1.165) is 0 Å². The van der Waals surface area contributed by atoms with Gasteiger partial charge in [0.25, 0.3) is 0 Å². The zero-order chi connectivity index (χ0) is 3.41. The standard InChI is InChI=1S/C3H3Cl.AsH3/c1-2-3-4;/h3H,1H2;1H3. The van der Waals surface area contributed by atoms with Crippen LogP contribution in [0.2, 0.25) is 0 Å². The summed E-state index contributed by atoms with van der Waals surface area (Å²) in [5, 5.41) is 0. The van der Waals surface area contributed by atoms with E-state index in [1.54, 1.807) is 0 Å².